The highest BCUT2D eigenvalue weighted by molar-refractivity contribution is 6.29. The predicted molar refractivity (Wildman–Crippen MR) is 253 cm³/mol. The van der Waals surface area contributed by atoms with Crippen molar-refractivity contribution >= 4 is 60.5 Å². The standard InChI is InChI=1S/C58H39NO/c1-37-35-52(44-29-27-40(28-30-44)39-15-5-3-6-16-39)38(2)57(45-18-7-4-8-19-45)59-56(37)53-36-54-55(50-23-12-11-22-49(50)53)51-26-14-25-48(58(51)60-54)43-33-31-42(32-34-43)47-24-13-20-41-17-9-10-21-46(41)47/h3-34,36H,1-2H3. The van der Waals surface area contributed by atoms with E-state index in [1.165, 1.54) is 33.0 Å². The molecule has 0 bridgehead atoms. The molecule has 0 fully saturated rings. The van der Waals surface area contributed by atoms with E-state index in [1.807, 2.05) is 0 Å². The largest absolute Gasteiger partial charge is 0.455 e. The Morgan fingerprint density at radius 3 is 1.70 bits per heavy atom. The number of benzene rings is 9. The van der Waals surface area contributed by atoms with E-state index in [-0.39, 0.29) is 0 Å². The van der Waals surface area contributed by atoms with Crippen molar-refractivity contribution in [2.45, 2.75) is 13.8 Å². The molecule has 1 aliphatic heterocycles. The number of nitrogens with zero attached hydrogens (tertiary/aromatic N) is 1. The Morgan fingerprint density at radius 1 is 0.417 bits per heavy atom. The molecular weight excluding hydrogens is 727 g/mol. The molecule has 0 atom stereocenters. The fraction of sp³-hybridized carbons (Fsp3) is 0.0345. The predicted octanol–water partition coefficient (Wildman–Crippen LogP) is 15.8. The van der Waals surface area contributed by atoms with Crippen LogP contribution in [0.4, 0.5) is 0 Å². The number of aliphatic imine (C=N–C) groups is 1. The quantitative estimate of drug-likeness (QED) is 0.155. The fourth-order valence-electron chi connectivity index (χ4n) is 9.02. The molecule has 2 nitrogen and oxygen atoms in total. The zero-order valence-corrected chi connectivity index (χ0v) is 33.4. The van der Waals surface area contributed by atoms with Crippen LogP contribution >= 0.6 is 0 Å². The van der Waals surface area contributed by atoms with Gasteiger partial charge in [-0.05, 0) is 80.4 Å². The zero-order valence-electron chi connectivity index (χ0n) is 33.4. The number of hydrogen-bond donors (Lipinski definition) is 0. The molecule has 0 radical (unpaired) electrons. The summed E-state index contributed by atoms with van der Waals surface area (Å²) in [7, 11) is 0. The lowest BCUT2D eigenvalue weighted by molar-refractivity contribution is 0.670. The summed E-state index contributed by atoms with van der Waals surface area (Å²) >= 11 is 0. The van der Waals surface area contributed by atoms with Crippen molar-refractivity contribution in [2.75, 3.05) is 0 Å². The molecular formula is C58H39NO. The first-order valence-electron chi connectivity index (χ1n) is 20.5. The van der Waals surface area contributed by atoms with Crippen molar-refractivity contribution in [3.63, 3.8) is 0 Å². The third-order valence-corrected chi connectivity index (χ3v) is 12.0. The molecule has 0 saturated heterocycles. The number of allylic oxidation sites excluding steroid dienone is 2. The van der Waals surface area contributed by atoms with E-state index in [0.717, 1.165) is 88.7 Å². The Morgan fingerprint density at radius 2 is 0.950 bits per heavy atom. The molecule has 0 N–H and O–H groups in total. The van der Waals surface area contributed by atoms with E-state index in [2.05, 4.69) is 220 Å². The number of fused-ring (bicyclic) bond motifs is 6. The minimum absolute atomic E-state index is 0.834. The van der Waals surface area contributed by atoms with Gasteiger partial charge in [-0.25, -0.2) is 4.99 Å². The third kappa shape index (κ3) is 6.02. The maximum absolute atomic E-state index is 6.99. The summed E-state index contributed by atoms with van der Waals surface area (Å²) < 4.78 is 6.99. The average Bonchev–Trinajstić information content (AvgIpc) is 3.64. The second-order valence-corrected chi connectivity index (χ2v) is 15.6. The molecule has 2 heterocycles. The molecule has 0 saturated carbocycles. The van der Waals surface area contributed by atoms with Gasteiger partial charge >= 0.3 is 0 Å². The first kappa shape index (κ1) is 35.4. The first-order chi connectivity index (χ1) is 29.6. The smallest absolute Gasteiger partial charge is 0.143 e. The Hall–Kier alpha value is -7.77. The second kappa shape index (κ2) is 14.6. The Kier molecular flexibility index (Phi) is 8.59. The van der Waals surface area contributed by atoms with Gasteiger partial charge in [0.2, 0.25) is 0 Å². The monoisotopic (exact) mass is 765 g/mol. The van der Waals surface area contributed by atoms with Crippen LogP contribution < -0.4 is 0 Å². The van der Waals surface area contributed by atoms with Crippen LogP contribution in [0.25, 0.3) is 88.1 Å². The topological polar surface area (TPSA) is 25.5 Å². The maximum atomic E-state index is 6.99. The Balaban J connectivity index is 1.07. The van der Waals surface area contributed by atoms with Crippen molar-refractivity contribution in [2.24, 2.45) is 4.99 Å². The number of rotatable bonds is 6. The maximum Gasteiger partial charge on any atom is 0.143 e. The molecule has 0 amide bonds. The van der Waals surface area contributed by atoms with Crippen molar-refractivity contribution in [1.29, 1.82) is 0 Å². The van der Waals surface area contributed by atoms with Gasteiger partial charge in [-0.2, -0.15) is 0 Å². The highest BCUT2D eigenvalue weighted by atomic mass is 16.3. The van der Waals surface area contributed by atoms with E-state index in [4.69, 9.17) is 9.41 Å². The summed E-state index contributed by atoms with van der Waals surface area (Å²) in [4.78, 5) is 5.58. The van der Waals surface area contributed by atoms with Gasteiger partial charge < -0.3 is 4.42 Å². The van der Waals surface area contributed by atoms with Crippen LogP contribution in [0.2, 0.25) is 0 Å². The minimum atomic E-state index is 0.834. The lowest BCUT2D eigenvalue weighted by Crippen LogP contribution is -2.04. The minimum Gasteiger partial charge on any atom is -0.455 e. The van der Waals surface area contributed by atoms with Crippen LogP contribution in [0.1, 0.15) is 30.5 Å². The van der Waals surface area contributed by atoms with Crippen molar-refractivity contribution in [1.82, 2.24) is 0 Å². The van der Waals surface area contributed by atoms with Gasteiger partial charge in [0.05, 0.1) is 11.4 Å². The highest BCUT2D eigenvalue weighted by Gasteiger charge is 2.23. The van der Waals surface area contributed by atoms with Crippen LogP contribution in [0, 0.1) is 0 Å². The van der Waals surface area contributed by atoms with E-state index < -0.39 is 0 Å². The molecule has 11 rings (SSSR count). The Bertz CT molecular complexity index is 3430. The van der Waals surface area contributed by atoms with Crippen LogP contribution in [0.15, 0.2) is 226 Å². The molecule has 0 unspecified atom stereocenters. The van der Waals surface area contributed by atoms with Gasteiger partial charge in [-0.15, -0.1) is 5.73 Å². The van der Waals surface area contributed by atoms with E-state index in [9.17, 15) is 0 Å². The molecule has 9 aromatic carbocycles. The molecule has 0 aliphatic carbocycles. The first-order valence-corrected chi connectivity index (χ1v) is 20.5. The lowest BCUT2D eigenvalue weighted by Gasteiger charge is -2.13. The summed E-state index contributed by atoms with van der Waals surface area (Å²) in [5.74, 6) is 0. The van der Waals surface area contributed by atoms with Crippen LogP contribution in [-0.4, -0.2) is 5.71 Å². The SMILES string of the molecule is CC1=C=C(c2ccc(-c3ccccc3)cc2)C(C)=C(c2ccccc2)N=C1c1cc2oc3c(-c4ccc(-c5cccc6ccccc56)cc4)cccc3c2c2ccccc12. The molecule has 0 spiro atoms. The average molecular weight is 766 g/mol. The summed E-state index contributed by atoms with van der Waals surface area (Å²) in [5, 5.41) is 6.96. The summed E-state index contributed by atoms with van der Waals surface area (Å²) in [5.41, 5.74) is 20.6. The van der Waals surface area contributed by atoms with Crippen molar-refractivity contribution in [3.8, 4) is 33.4 Å². The molecule has 1 aromatic heterocycles. The van der Waals surface area contributed by atoms with E-state index in [1.54, 1.807) is 0 Å². The van der Waals surface area contributed by atoms with Gasteiger partial charge in [-0.3, -0.25) is 0 Å². The molecule has 1 aliphatic rings. The van der Waals surface area contributed by atoms with Gasteiger partial charge in [0.1, 0.15) is 11.2 Å². The summed E-state index contributed by atoms with van der Waals surface area (Å²) in [6, 6.07) is 71.2. The molecule has 10 aromatic rings. The van der Waals surface area contributed by atoms with Crippen LogP contribution in [-0.2, 0) is 0 Å². The normalized spacial score (nSPS) is 13.1. The van der Waals surface area contributed by atoms with Crippen molar-refractivity contribution < 1.29 is 4.42 Å². The molecule has 282 valence electrons. The summed E-state index contributed by atoms with van der Waals surface area (Å²) in [6.07, 6.45) is 0. The Labute approximate surface area is 349 Å². The van der Waals surface area contributed by atoms with E-state index >= 15 is 0 Å². The third-order valence-electron chi connectivity index (χ3n) is 12.0. The molecule has 2 heteroatoms. The summed E-state index contributed by atoms with van der Waals surface area (Å²) in [6.45, 7) is 4.31. The van der Waals surface area contributed by atoms with Crippen LogP contribution in [0.5, 0.6) is 0 Å². The zero-order chi connectivity index (χ0) is 40.2. The lowest BCUT2D eigenvalue weighted by atomic mass is 9.92. The highest BCUT2D eigenvalue weighted by Crippen LogP contribution is 2.43. The van der Waals surface area contributed by atoms with Gasteiger partial charge in [0.25, 0.3) is 0 Å². The van der Waals surface area contributed by atoms with Crippen LogP contribution in [0.3, 0.4) is 0 Å². The number of furan rings is 1. The fourth-order valence-corrected chi connectivity index (χ4v) is 9.02. The van der Waals surface area contributed by atoms with Gasteiger partial charge in [-0.1, -0.05) is 194 Å². The molecule has 60 heavy (non-hydrogen) atoms. The van der Waals surface area contributed by atoms with E-state index in [0.29, 0.717) is 0 Å². The second-order valence-electron chi connectivity index (χ2n) is 15.6. The number of hydrogen-bond acceptors (Lipinski definition) is 2. The van der Waals surface area contributed by atoms with Gasteiger partial charge in [0.15, 0.2) is 0 Å². The van der Waals surface area contributed by atoms with Gasteiger partial charge in [0, 0.05) is 38.6 Å². The van der Waals surface area contributed by atoms with Crippen molar-refractivity contribution in [3.05, 3.63) is 234 Å². The number of para-hydroxylation sites is 1.